The third-order valence-electron chi connectivity index (χ3n) is 7.33. The minimum atomic E-state index is -0.271. The van der Waals surface area contributed by atoms with E-state index in [1.165, 1.54) is 5.57 Å². The molecule has 0 aliphatic carbocycles. The average molecular weight is 597 g/mol. The van der Waals surface area contributed by atoms with Crippen LogP contribution < -0.4 is 4.90 Å². The molecular formula is C41H48N4. The second kappa shape index (κ2) is 17.5. The summed E-state index contributed by atoms with van der Waals surface area (Å²) >= 11 is 0. The second-order valence-corrected chi connectivity index (χ2v) is 11.3. The van der Waals surface area contributed by atoms with E-state index in [9.17, 15) is 0 Å². The minimum absolute atomic E-state index is 0.271. The smallest absolute Gasteiger partial charge is 0.234 e. The van der Waals surface area contributed by atoms with Crippen molar-refractivity contribution in [3.05, 3.63) is 158 Å². The Morgan fingerprint density at radius 1 is 0.800 bits per heavy atom. The highest BCUT2D eigenvalue weighted by Crippen LogP contribution is 2.39. The Balaban J connectivity index is 2.42. The summed E-state index contributed by atoms with van der Waals surface area (Å²) in [7, 11) is 0. The molecule has 1 aromatic heterocycles. The maximum Gasteiger partial charge on any atom is 0.234 e. The molecule has 1 heterocycles. The van der Waals surface area contributed by atoms with Crippen LogP contribution in [0.2, 0.25) is 0 Å². The Hall–Kier alpha value is -4.83. The maximum absolute atomic E-state index is 5.11. The van der Waals surface area contributed by atoms with Gasteiger partial charge in [0.05, 0.1) is 0 Å². The first-order valence-electron chi connectivity index (χ1n) is 15.8. The lowest BCUT2D eigenvalue weighted by Gasteiger charge is -2.34. The van der Waals surface area contributed by atoms with Crippen molar-refractivity contribution in [2.45, 2.75) is 53.9 Å². The topological polar surface area (TPSA) is 41.9 Å². The van der Waals surface area contributed by atoms with Crippen molar-refractivity contribution in [3.8, 4) is 22.8 Å². The van der Waals surface area contributed by atoms with Crippen LogP contribution in [0.25, 0.3) is 22.8 Å². The number of nitrogens with zero attached hydrogens (tertiary/aromatic N) is 4. The van der Waals surface area contributed by atoms with Gasteiger partial charge in [-0.3, -0.25) is 0 Å². The van der Waals surface area contributed by atoms with Crippen LogP contribution in [0.15, 0.2) is 158 Å². The molecule has 0 atom stereocenters. The standard InChI is InChI=1S/C41H48N4/c1-9-14-24-32(6)36(29-15-10-2)37(31-41(7,8)35(22-11-3)23-12-4)45(30-13-5)40-43-38(33-25-18-16-19-26-33)42-39(44-40)34-27-20-17-21-28-34/h11-29H,3,5-6,9-10,30-31H2,1-2,4,7-8H3/b23-12-,24-14-,29-15-,35-22+,37-36-. The molecule has 0 bridgehead atoms. The van der Waals surface area contributed by atoms with Gasteiger partial charge in [-0.05, 0) is 42.7 Å². The molecule has 0 spiro atoms. The highest BCUT2D eigenvalue weighted by Gasteiger charge is 2.29. The number of hydrogen-bond donors (Lipinski definition) is 0. The van der Waals surface area contributed by atoms with Crippen LogP contribution in [0.4, 0.5) is 5.95 Å². The van der Waals surface area contributed by atoms with Crippen LogP contribution in [-0.4, -0.2) is 21.5 Å². The highest BCUT2D eigenvalue weighted by atomic mass is 15.3. The molecule has 0 saturated carbocycles. The zero-order chi connectivity index (χ0) is 32.7. The van der Waals surface area contributed by atoms with Crippen molar-refractivity contribution in [1.29, 1.82) is 0 Å². The van der Waals surface area contributed by atoms with Crippen LogP contribution in [0.3, 0.4) is 0 Å². The van der Waals surface area contributed by atoms with E-state index >= 15 is 0 Å². The normalized spacial score (nSPS) is 13.0. The Bertz CT molecular complexity index is 1530. The van der Waals surface area contributed by atoms with Crippen LogP contribution in [0, 0.1) is 5.41 Å². The second-order valence-electron chi connectivity index (χ2n) is 11.3. The van der Waals surface area contributed by atoms with Gasteiger partial charge in [-0.2, -0.15) is 9.97 Å². The lowest BCUT2D eigenvalue weighted by molar-refractivity contribution is 0.445. The molecule has 4 heteroatoms. The minimum Gasteiger partial charge on any atom is -0.310 e. The number of aromatic nitrogens is 3. The van der Waals surface area contributed by atoms with E-state index in [2.05, 4.69) is 94.9 Å². The molecule has 0 unspecified atom stereocenters. The van der Waals surface area contributed by atoms with Gasteiger partial charge in [-0.25, -0.2) is 4.98 Å². The first-order valence-corrected chi connectivity index (χ1v) is 15.8. The number of rotatable bonds is 16. The predicted molar refractivity (Wildman–Crippen MR) is 195 cm³/mol. The zero-order valence-electron chi connectivity index (χ0n) is 27.7. The molecule has 232 valence electrons. The molecule has 0 aliphatic heterocycles. The van der Waals surface area contributed by atoms with Gasteiger partial charge >= 0.3 is 0 Å². The summed E-state index contributed by atoms with van der Waals surface area (Å²) < 4.78 is 0. The van der Waals surface area contributed by atoms with Crippen molar-refractivity contribution in [2.24, 2.45) is 5.41 Å². The molecule has 4 nitrogen and oxygen atoms in total. The van der Waals surface area contributed by atoms with Gasteiger partial charge in [-0.15, -0.1) is 6.58 Å². The lowest BCUT2D eigenvalue weighted by atomic mass is 9.78. The molecule has 3 rings (SSSR count). The molecule has 0 N–H and O–H groups in total. The van der Waals surface area contributed by atoms with E-state index in [0.29, 0.717) is 30.6 Å². The first kappa shape index (κ1) is 34.7. The molecule has 3 aromatic rings. The summed E-state index contributed by atoms with van der Waals surface area (Å²) in [6, 6.07) is 20.1. The van der Waals surface area contributed by atoms with Crippen molar-refractivity contribution in [1.82, 2.24) is 15.0 Å². The summed E-state index contributed by atoms with van der Waals surface area (Å²) in [5.41, 5.74) is 5.78. The van der Waals surface area contributed by atoms with Crippen molar-refractivity contribution >= 4 is 5.95 Å². The molecule has 0 fully saturated rings. The van der Waals surface area contributed by atoms with E-state index in [0.717, 1.165) is 40.8 Å². The fourth-order valence-corrected chi connectivity index (χ4v) is 5.00. The quantitative estimate of drug-likeness (QED) is 0.122. The van der Waals surface area contributed by atoms with Crippen LogP contribution in [0.1, 0.15) is 53.9 Å². The van der Waals surface area contributed by atoms with Crippen molar-refractivity contribution in [2.75, 3.05) is 11.4 Å². The zero-order valence-corrected chi connectivity index (χ0v) is 27.7. The van der Waals surface area contributed by atoms with E-state index in [1.54, 1.807) is 0 Å². The van der Waals surface area contributed by atoms with Crippen molar-refractivity contribution < 1.29 is 0 Å². The number of benzene rings is 2. The summed E-state index contributed by atoms with van der Waals surface area (Å²) in [6.07, 6.45) is 21.2. The Kier molecular flexibility index (Phi) is 13.4. The third-order valence-corrected chi connectivity index (χ3v) is 7.33. The summed E-state index contributed by atoms with van der Waals surface area (Å²) in [5.74, 6) is 1.79. The van der Waals surface area contributed by atoms with Crippen LogP contribution >= 0.6 is 0 Å². The highest BCUT2D eigenvalue weighted by molar-refractivity contribution is 5.65. The van der Waals surface area contributed by atoms with Gasteiger partial charge < -0.3 is 4.90 Å². The van der Waals surface area contributed by atoms with Gasteiger partial charge in [0.1, 0.15) is 0 Å². The van der Waals surface area contributed by atoms with Gasteiger partial charge in [0, 0.05) is 28.9 Å². The predicted octanol–water partition coefficient (Wildman–Crippen LogP) is 11.0. The van der Waals surface area contributed by atoms with Gasteiger partial charge in [0.15, 0.2) is 11.6 Å². The Labute approximate surface area is 271 Å². The Morgan fingerprint density at radius 2 is 1.36 bits per heavy atom. The molecule has 0 radical (unpaired) electrons. The number of hydrogen-bond acceptors (Lipinski definition) is 4. The first-order chi connectivity index (χ1) is 21.8. The van der Waals surface area contributed by atoms with E-state index < -0.39 is 0 Å². The summed E-state index contributed by atoms with van der Waals surface area (Å²) in [6.45, 7) is 24.0. The van der Waals surface area contributed by atoms with E-state index in [4.69, 9.17) is 15.0 Å². The lowest BCUT2D eigenvalue weighted by Crippen LogP contribution is -2.30. The number of anilines is 1. The van der Waals surface area contributed by atoms with E-state index in [1.807, 2.05) is 79.7 Å². The Morgan fingerprint density at radius 3 is 1.84 bits per heavy atom. The monoisotopic (exact) mass is 596 g/mol. The van der Waals surface area contributed by atoms with Crippen LogP contribution in [-0.2, 0) is 0 Å². The number of allylic oxidation sites excluding steroid dienone is 12. The molecule has 0 saturated heterocycles. The van der Waals surface area contributed by atoms with Gasteiger partial charge in [0.25, 0.3) is 0 Å². The van der Waals surface area contributed by atoms with E-state index in [-0.39, 0.29) is 5.41 Å². The molecule has 45 heavy (non-hydrogen) atoms. The van der Waals surface area contributed by atoms with Crippen molar-refractivity contribution in [3.63, 3.8) is 0 Å². The summed E-state index contributed by atoms with van der Waals surface area (Å²) in [4.78, 5) is 17.3. The van der Waals surface area contributed by atoms with Crippen LogP contribution in [0.5, 0.6) is 0 Å². The maximum atomic E-state index is 5.11. The average Bonchev–Trinajstić information content (AvgIpc) is 3.06. The largest absolute Gasteiger partial charge is 0.310 e. The van der Waals surface area contributed by atoms with Gasteiger partial charge in [-0.1, -0.05) is 156 Å². The molecule has 0 aliphatic rings. The fraction of sp³-hybridized carbons (Fsp3) is 0.244. The van der Waals surface area contributed by atoms with Gasteiger partial charge in [0.2, 0.25) is 5.95 Å². The SMILES string of the molecule is C=C/C=C(\C=C/C)C(C)(C)C/C(=C(\C=C/CC)C(=C)/C=C\CC)N(CC=C)c1nc(-c2ccccc2)nc(-c2ccccc2)n1. The summed E-state index contributed by atoms with van der Waals surface area (Å²) in [5, 5.41) is 0. The molecular weight excluding hydrogens is 548 g/mol. The molecule has 2 aromatic carbocycles. The molecule has 0 amide bonds. The fourth-order valence-electron chi connectivity index (χ4n) is 5.00. The third kappa shape index (κ3) is 9.58.